The van der Waals surface area contributed by atoms with Crippen LogP contribution < -0.4 is 10.1 Å². The van der Waals surface area contributed by atoms with Crippen molar-refractivity contribution in [2.45, 2.75) is 32.7 Å². The first-order valence-corrected chi connectivity index (χ1v) is 8.83. The summed E-state index contributed by atoms with van der Waals surface area (Å²) >= 11 is 0. The van der Waals surface area contributed by atoms with Gasteiger partial charge in [-0.05, 0) is 37.1 Å². The number of rotatable bonds is 9. The first-order valence-electron chi connectivity index (χ1n) is 8.83. The lowest BCUT2D eigenvalue weighted by Gasteiger charge is -2.18. The van der Waals surface area contributed by atoms with Crippen LogP contribution in [0.5, 0.6) is 5.75 Å². The van der Waals surface area contributed by atoms with Crippen molar-refractivity contribution >= 4 is 17.6 Å². The van der Waals surface area contributed by atoms with Crippen LogP contribution in [0, 0.1) is 17.0 Å². The number of carboxylic acid groups (broad SMARTS) is 1. The fourth-order valence-corrected chi connectivity index (χ4v) is 2.75. The third-order valence-corrected chi connectivity index (χ3v) is 4.19. The third kappa shape index (κ3) is 5.29. The molecule has 1 amide bonds. The molecule has 0 spiro atoms. The van der Waals surface area contributed by atoms with E-state index in [9.17, 15) is 24.8 Å². The maximum Gasteiger partial charge on any atom is 0.305 e. The standard InChI is InChI=1S/C20H22N2O6/c1-3-11-28-15-9-7-14(8-10-15)17(12-19(23)24)21-20(25)16-5-4-6-18(13(16)2)22(26)27/h4-10,17H,3,11-12H2,1-2H3,(H,21,25)(H,23,24)/t17-/m1/s1. The predicted molar refractivity (Wildman–Crippen MR) is 103 cm³/mol. The highest BCUT2D eigenvalue weighted by Gasteiger charge is 2.22. The monoisotopic (exact) mass is 386 g/mol. The first kappa shape index (κ1) is 20.9. The van der Waals surface area contributed by atoms with Gasteiger partial charge < -0.3 is 15.2 Å². The van der Waals surface area contributed by atoms with E-state index in [1.165, 1.54) is 25.1 Å². The highest BCUT2D eigenvalue weighted by atomic mass is 16.6. The van der Waals surface area contributed by atoms with Crippen LogP contribution >= 0.6 is 0 Å². The van der Waals surface area contributed by atoms with E-state index in [4.69, 9.17) is 4.74 Å². The number of carbonyl (C=O) groups is 2. The second-order valence-corrected chi connectivity index (χ2v) is 6.25. The Labute approximate surface area is 162 Å². The van der Waals surface area contributed by atoms with Gasteiger partial charge in [0.1, 0.15) is 5.75 Å². The van der Waals surface area contributed by atoms with Crippen molar-refractivity contribution < 1.29 is 24.4 Å². The Morgan fingerprint density at radius 1 is 1.21 bits per heavy atom. The number of amides is 1. The SMILES string of the molecule is CCCOc1ccc([C@@H](CC(=O)O)NC(=O)c2cccc([N+](=O)[O-])c2C)cc1. The lowest BCUT2D eigenvalue weighted by atomic mass is 10.0. The Hall–Kier alpha value is -3.42. The van der Waals surface area contributed by atoms with Crippen molar-refractivity contribution in [1.29, 1.82) is 0 Å². The molecule has 0 saturated carbocycles. The minimum absolute atomic E-state index is 0.132. The van der Waals surface area contributed by atoms with E-state index >= 15 is 0 Å². The molecule has 2 aromatic rings. The Balaban J connectivity index is 2.25. The molecular formula is C20H22N2O6. The average molecular weight is 386 g/mol. The van der Waals surface area contributed by atoms with Crippen molar-refractivity contribution in [2.75, 3.05) is 6.61 Å². The number of nitro groups is 1. The second kappa shape index (κ2) is 9.50. The number of hydrogen-bond donors (Lipinski definition) is 2. The smallest absolute Gasteiger partial charge is 0.305 e. The molecule has 2 rings (SSSR count). The fourth-order valence-electron chi connectivity index (χ4n) is 2.75. The van der Waals surface area contributed by atoms with Crippen molar-refractivity contribution in [3.63, 3.8) is 0 Å². The van der Waals surface area contributed by atoms with Gasteiger partial charge in [0, 0.05) is 17.2 Å². The minimum atomic E-state index is -1.08. The summed E-state index contributed by atoms with van der Waals surface area (Å²) < 4.78 is 5.51. The van der Waals surface area contributed by atoms with Gasteiger partial charge in [-0.15, -0.1) is 0 Å². The molecule has 8 nitrogen and oxygen atoms in total. The molecule has 0 radical (unpaired) electrons. The molecule has 148 valence electrons. The minimum Gasteiger partial charge on any atom is -0.494 e. The summed E-state index contributed by atoms with van der Waals surface area (Å²) in [5, 5.41) is 22.9. The Morgan fingerprint density at radius 2 is 1.89 bits per heavy atom. The molecule has 0 fully saturated rings. The third-order valence-electron chi connectivity index (χ3n) is 4.19. The molecule has 0 aliphatic carbocycles. The Morgan fingerprint density at radius 3 is 2.46 bits per heavy atom. The molecule has 0 aliphatic heterocycles. The number of aliphatic carboxylic acids is 1. The topological polar surface area (TPSA) is 119 Å². The van der Waals surface area contributed by atoms with Gasteiger partial charge in [-0.3, -0.25) is 19.7 Å². The first-order chi connectivity index (χ1) is 13.3. The van der Waals surface area contributed by atoms with Crippen molar-refractivity contribution in [2.24, 2.45) is 0 Å². The van der Waals surface area contributed by atoms with Crippen LogP contribution in [-0.4, -0.2) is 28.5 Å². The van der Waals surface area contributed by atoms with Gasteiger partial charge in [0.05, 0.1) is 24.0 Å². The van der Waals surface area contributed by atoms with E-state index in [0.717, 1.165) is 6.42 Å². The largest absolute Gasteiger partial charge is 0.494 e. The number of benzene rings is 2. The van der Waals surface area contributed by atoms with Gasteiger partial charge in [-0.1, -0.05) is 25.1 Å². The Kier molecular flexibility index (Phi) is 7.08. The van der Waals surface area contributed by atoms with E-state index in [0.29, 0.717) is 17.9 Å². The summed E-state index contributed by atoms with van der Waals surface area (Å²) in [6, 6.07) is 10.2. The normalized spacial score (nSPS) is 11.5. The molecule has 0 aliphatic rings. The highest BCUT2D eigenvalue weighted by Crippen LogP contribution is 2.24. The van der Waals surface area contributed by atoms with Crippen LogP contribution in [0.3, 0.4) is 0 Å². The van der Waals surface area contributed by atoms with Crippen molar-refractivity contribution in [3.05, 3.63) is 69.3 Å². The Bertz CT molecular complexity index is 863. The van der Waals surface area contributed by atoms with E-state index in [1.807, 2.05) is 6.92 Å². The molecule has 2 aromatic carbocycles. The maximum absolute atomic E-state index is 12.7. The summed E-state index contributed by atoms with van der Waals surface area (Å²) in [7, 11) is 0. The van der Waals surface area contributed by atoms with Gasteiger partial charge in [0.15, 0.2) is 0 Å². The molecule has 0 unspecified atom stereocenters. The molecule has 2 N–H and O–H groups in total. The predicted octanol–water partition coefficient (Wildman–Crippen LogP) is 3.64. The zero-order valence-electron chi connectivity index (χ0n) is 15.7. The van der Waals surface area contributed by atoms with Crippen molar-refractivity contribution in [3.8, 4) is 5.75 Å². The van der Waals surface area contributed by atoms with Crippen LogP contribution in [0.4, 0.5) is 5.69 Å². The second-order valence-electron chi connectivity index (χ2n) is 6.25. The number of nitrogens with one attached hydrogen (secondary N) is 1. The lowest BCUT2D eigenvalue weighted by Crippen LogP contribution is -2.30. The summed E-state index contributed by atoms with van der Waals surface area (Å²) in [5.41, 5.74) is 0.789. The molecule has 28 heavy (non-hydrogen) atoms. The molecule has 0 saturated heterocycles. The average Bonchev–Trinajstić information content (AvgIpc) is 2.65. The number of carboxylic acids is 1. The van der Waals surface area contributed by atoms with E-state index in [2.05, 4.69) is 5.32 Å². The van der Waals surface area contributed by atoms with Crippen LogP contribution in [0.25, 0.3) is 0 Å². The molecule has 0 aromatic heterocycles. The zero-order valence-corrected chi connectivity index (χ0v) is 15.7. The van der Waals surface area contributed by atoms with Gasteiger partial charge in [-0.2, -0.15) is 0 Å². The van der Waals surface area contributed by atoms with E-state index < -0.39 is 22.8 Å². The fraction of sp³-hybridized carbons (Fsp3) is 0.300. The number of carbonyl (C=O) groups excluding carboxylic acids is 1. The van der Waals surface area contributed by atoms with Crippen LogP contribution in [0.1, 0.15) is 47.3 Å². The molecular weight excluding hydrogens is 364 g/mol. The number of nitro benzene ring substituents is 1. The van der Waals surface area contributed by atoms with E-state index in [1.54, 1.807) is 24.3 Å². The van der Waals surface area contributed by atoms with Crippen molar-refractivity contribution in [1.82, 2.24) is 5.32 Å². The molecule has 0 heterocycles. The summed E-state index contributed by atoms with van der Waals surface area (Å²) in [5.74, 6) is -0.994. The maximum atomic E-state index is 12.7. The lowest BCUT2D eigenvalue weighted by molar-refractivity contribution is -0.385. The van der Waals surface area contributed by atoms with Gasteiger partial charge in [0.2, 0.25) is 0 Å². The van der Waals surface area contributed by atoms with Crippen LogP contribution in [0.2, 0.25) is 0 Å². The van der Waals surface area contributed by atoms with Crippen LogP contribution in [-0.2, 0) is 4.79 Å². The quantitative estimate of drug-likeness (QED) is 0.502. The molecule has 1 atom stereocenters. The summed E-state index contributed by atoms with van der Waals surface area (Å²) in [6.07, 6.45) is 0.539. The van der Waals surface area contributed by atoms with E-state index in [-0.39, 0.29) is 23.2 Å². The van der Waals surface area contributed by atoms with Gasteiger partial charge in [0.25, 0.3) is 11.6 Å². The number of nitrogens with zero attached hydrogens (tertiary/aromatic N) is 1. The van der Waals surface area contributed by atoms with Gasteiger partial charge >= 0.3 is 5.97 Å². The molecule has 0 bridgehead atoms. The van der Waals surface area contributed by atoms with Gasteiger partial charge in [-0.25, -0.2) is 0 Å². The highest BCUT2D eigenvalue weighted by molar-refractivity contribution is 5.97. The summed E-state index contributed by atoms with van der Waals surface area (Å²) in [4.78, 5) is 34.4. The number of hydrogen-bond acceptors (Lipinski definition) is 5. The van der Waals surface area contributed by atoms with Crippen LogP contribution in [0.15, 0.2) is 42.5 Å². The zero-order chi connectivity index (χ0) is 20.7. The molecule has 8 heteroatoms. The number of ether oxygens (including phenoxy) is 1. The summed E-state index contributed by atoms with van der Waals surface area (Å²) in [6.45, 7) is 4.04.